The summed E-state index contributed by atoms with van der Waals surface area (Å²) in [6.07, 6.45) is 0.246. The maximum atomic E-state index is 12.7. The topological polar surface area (TPSA) is 52.6 Å². The van der Waals surface area contributed by atoms with E-state index in [1.807, 2.05) is 36.4 Å². The van der Waals surface area contributed by atoms with Crippen molar-refractivity contribution in [3.8, 4) is 0 Å². The summed E-state index contributed by atoms with van der Waals surface area (Å²) in [5.41, 5.74) is 1.25. The monoisotopic (exact) mass is 344 g/mol. The van der Waals surface area contributed by atoms with Gasteiger partial charge in [-0.3, -0.25) is 9.59 Å². The lowest BCUT2D eigenvalue weighted by Crippen LogP contribution is -2.45. The number of ether oxygens (including phenoxy) is 2. The minimum Gasteiger partial charge on any atom is -0.468 e. The first-order valence-electron chi connectivity index (χ1n) is 7.54. The summed E-state index contributed by atoms with van der Waals surface area (Å²) in [7, 11) is 2.57. The van der Waals surface area contributed by atoms with E-state index >= 15 is 0 Å². The lowest BCUT2D eigenvalue weighted by atomic mass is 9.72. The normalized spacial score (nSPS) is 17.9. The van der Waals surface area contributed by atoms with Crippen LogP contribution in [0.2, 0.25) is 5.02 Å². The van der Waals surface area contributed by atoms with Crippen LogP contribution in [0.3, 0.4) is 0 Å². The molecule has 0 radical (unpaired) electrons. The van der Waals surface area contributed by atoms with E-state index < -0.39 is 23.3 Å². The number of methoxy groups -OCH3 is 2. The fourth-order valence-electron chi connectivity index (χ4n) is 3.59. The average molecular weight is 345 g/mol. The van der Waals surface area contributed by atoms with E-state index in [1.165, 1.54) is 14.2 Å². The molecule has 0 bridgehead atoms. The van der Waals surface area contributed by atoms with Gasteiger partial charge >= 0.3 is 11.9 Å². The van der Waals surface area contributed by atoms with E-state index in [-0.39, 0.29) is 6.42 Å². The van der Waals surface area contributed by atoms with Crippen LogP contribution in [0.25, 0.3) is 0 Å². The van der Waals surface area contributed by atoms with Gasteiger partial charge in [0.2, 0.25) is 0 Å². The Morgan fingerprint density at radius 1 is 1.00 bits per heavy atom. The van der Waals surface area contributed by atoms with Gasteiger partial charge in [0.05, 0.1) is 14.2 Å². The first-order chi connectivity index (χ1) is 11.5. The summed E-state index contributed by atoms with van der Waals surface area (Å²) >= 11 is 5.99. The third-order valence-electron chi connectivity index (χ3n) is 4.63. The number of halogens is 1. The Morgan fingerprint density at radius 3 is 2.17 bits per heavy atom. The van der Waals surface area contributed by atoms with Crippen molar-refractivity contribution in [2.24, 2.45) is 5.41 Å². The molecular weight excluding hydrogens is 328 g/mol. The molecule has 1 aliphatic carbocycles. The molecule has 5 heteroatoms. The Hall–Kier alpha value is -2.33. The lowest BCUT2D eigenvalue weighted by Gasteiger charge is -2.30. The zero-order chi connectivity index (χ0) is 17.3. The van der Waals surface area contributed by atoms with E-state index in [2.05, 4.69) is 0 Å². The first kappa shape index (κ1) is 16.5. The maximum Gasteiger partial charge on any atom is 0.324 e. The van der Waals surface area contributed by atoms with Crippen molar-refractivity contribution in [1.82, 2.24) is 0 Å². The summed E-state index contributed by atoms with van der Waals surface area (Å²) in [6, 6.07) is 14.8. The van der Waals surface area contributed by atoms with Crippen LogP contribution in [0.15, 0.2) is 48.5 Å². The summed E-state index contributed by atoms with van der Waals surface area (Å²) in [5, 5.41) is 0.590. The van der Waals surface area contributed by atoms with Crippen molar-refractivity contribution in [3.05, 3.63) is 70.2 Å². The molecule has 2 aromatic rings. The molecule has 3 rings (SSSR count). The Labute approximate surface area is 145 Å². The smallest absolute Gasteiger partial charge is 0.324 e. The molecule has 2 aromatic carbocycles. The zero-order valence-corrected chi connectivity index (χ0v) is 14.2. The van der Waals surface area contributed by atoms with Crippen LogP contribution < -0.4 is 0 Å². The molecule has 24 heavy (non-hydrogen) atoms. The van der Waals surface area contributed by atoms with Gasteiger partial charge < -0.3 is 9.47 Å². The minimum atomic E-state index is -1.43. The van der Waals surface area contributed by atoms with Gasteiger partial charge in [0.25, 0.3) is 0 Å². The van der Waals surface area contributed by atoms with Gasteiger partial charge in [-0.05, 0) is 28.8 Å². The fourth-order valence-corrected chi connectivity index (χ4v) is 3.72. The van der Waals surface area contributed by atoms with Gasteiger partial charge in [-0.1, -0.05) is 48.0 Å². The third-order valence-corrected chi connectivity index (χ3v) is 4.88. The minimum absolute atomic E-state index is 0.246. The molecule has 0 saturated heterocycles. The molecule has 0 amide bonds. The van der Waals surface area contributed by atoms with Crippen LogP contribution in [0, 0.1) is 5.41 Å². The Morgan fingerprint density at radius 2 is 1.58 bits per heavy atom. The molecule has 1 atom stereocenters. The SMILES string of the molecule is COC(=O)C1(C(=O)OC)Cc2ccccc2C1c1ccc(Cl)cc1. The second-order valence-corrected chi connectivity index (χ2v) is 6.25. The molecular formula is C19H17ClO4. The van der Waals surface area contributed by atoms with Gasteiger partial charge in [-0.25, -0.2) is 0 Å². The highest BCUT2D eigenvalue weighted by Crippen LogP contribution is 2.52. The Kier molecular flexibility index (Phi) is 4.33. The van der Waals surface area contributed by atoms with Crippen LogP contribution in [0.4, 0.5) is 0 Å². The van der Waals surface area contributed by atoms with Gasteiger partial charge in [-0.2, -0.15) is 0 Å². The molecule has 0 aliphatic heterocycles. The van der Waals surface area contributed by atoms with E-state index in [1.54, 1.807) is 12.1 Å². The number of esters is 2. The maximum absolute atomic E-state index is 12.7. The zero-order valence-electron chi connectivity index (χ0n) is 13.4. The number of hydrogen-bond acceptors (Lipinski definition) is 4. The first-order valence-corrected chi connectivity index (χ1v) is 7.92. The largest absolute Gasteiger partial charge is 0.468 e. The summed E-state index contributed by atoms with van der Waals surface area (Å²) < 4.78 is 10.0. The van der Waals surface area contributed by atoms with E-state index in [4.69, 9.17) is 21.1 Å². The van der Waals surface area contributed by atoms with Crippen LogP contribution in [0.1, 0.15) is 22.6 Å². The predicted octanol–water partition coefficient (Wildman–Crippen LogP) is 3.36. The molecule has 4 nitrogen and oxygen atoms in total. The number of carbonyl (C=O) groups is 2. The van der Waals surface area contributed by atoms with Crippen LogP contribution in [-0.2, 0) is 25.5 Å². The van der Waals surface area contributed by atoms with Gasteiger partial charge in [0.1, 0.15) is 0 Å². The highest BCUT2D eigenvalue weighted by atomic mass is 35.5. The van der Waals surface area contributed by atoms with Crippen LogP contribution >= 0.6 is 11.6 Å². The molecule has 0 N–H and O–H groups in total. The van der Waals surface area contributed by atoms with Crippen LogP contribution in [0.5, 0.6) is 0 Å². The molecule has 0 heterocycles. The Balaban J connectivity index is 2.25. The molecule has 0 spiro atoms. The van der Waals surface area contributed by atoms with Crippen molar-refractivity contribution >= 4 is 23.5 Å². The standard InChI is InChI=1S/C19H17ClO4/c1-23-17(21)19(18(22)24-2)11-13-5-3-4-6-15(13)16(19)12-7-9-14(20)10-8-12/h3-10,16H,11H2,1-2H3. The molecule has 1 unspecified atom stereocenters. The molecule has 0 fully saturated rings. The van der Waals surface area contributed by atoms with Crippen molar-refractivity contribution in [3.63, 3.8) is 0 Å². The van der Waals surface area contributed by atoms with Gasteiger partial charge in [0.15, 0.2) is 5.41 Å². The molecule has 0 saturated carbocycles. The lowest BCUT2D eigenvalue weighted by molar-refractivity contribution is -0.169. The quantitative estimate of drug-likeness (QED) is 0.633. The van der Waals surface area contributed by atoms with Crippen molar-refractivity contribution in [2.75, 3.05) is 14.2 Å². The molecule has 124 valence electrons. The van der Waals surface area contributed by atoms with Crippen molar-refractivity contribution in [2.45, 2.75) is 12.3 Å². The van der Waals surface area contributed by atoms with Crippen molar-refractivity contribution < 1.29 is 19.1 Å². The van der Waals surface area contributed by atoms with Gasteiger partial charge in [-0.15, -0.1) is 0 Å². The average Bonchev–Trinajstić information content (AvgIpc) is 2.97. The number of hydrogen-bond donors (Lipinski definition) is 0. The number of fused-ring (bicyclic) bond motifs is 1. The number of rotatable bonds is 3. The third kappa shape index (κ3) is 2.38. The molecule has 1 aliphatic rings. The Bertz CT molecular complexity index is 766. The summed E-state index contributed by atoms with van der Waals surface area (Å²) in [6.45, 7) is 0. The summed E-state index contributed by atoms with van der Waals surface area (Å²) in [4.78, 5) is 25.4. The number of carbonyl (C=O) groups excluding carboxylic acids is 2. The highest BCUT2D eigenvalue weighted by molar-refractivity contribution is 6.30. The van der Waals surface area contributed by atoms with Gasteiger partial charge in [0, 0.05) is 17.4 Å². The molecule has 0 aromatic heterocycles. The van der Waals surface area contributed by atoms with Crippen LogP contribution in [-0.4, -0.2) is 26.2 Å². The second-order valence-electron chi connectivity index (χ2n) is 5.81. The van der Waals surface area contributed by atoms with E-state index in [9.17, 15) is 9.59 Å². The predicted molar refractivity (Wildman–Crippen MR) is 89.9 cm³/mol. The second kappa shape index (κ2) is 6.29. The fraction of sp³-hybridized carbons (Fsp3) is 0.263. The van der Waals surface area contributed by atoms with Crippen molar-refractivity contribution in [1.29, 1.82) is 0 Å². The summed E-state index contributed by atoms with van der Waals surface area (Å²) in [5.74, 6) is -1.66. The highest BCUT2D eigenvalue weighted by Gasteiger charge is 2.59. The van der Waals surface area contributed by atoms with E-state index in [0.717, 1.165) is 16.7 Å². The van der Waals surface area contributed by atoms with E-state index in [0.29, 0.717) is 5.02 Å². The number of benzene rings is 2.